The van der Waals surface area contributed by atoms with Gasteiger partial charge in [0.05, 0.1) is 5.69 Å². The van der Waals surface area contributed by atoms with Gasteiger partial charge in [-0.25, -0.2) is 0 Å². The first-order valence-electron chi connectivity index (χ1n) is 6.92. The van der Waals surface area contributed by atoms with E-state index in [2.05, 4.69) is 90.5 Å². The number of aliphatic imine (C=N–C) groups is 1. The molecule has 3 rings (SSSR count). The first-order chi connectivity index (χ1) is 10.1. The molecule has 3 aromatic rings. The fourth-order valence-electron chi connectivity index (χ4n) is 2.61. The van der Waals surface area contributed by atoms with Crippen molar-refractivity contribution < 1.29 is 0 Å². The van der Waals surface area contributed by atoms with E-state index in [0.29, 0.717) is 0 Å². The largest absolute Gasteiger partial charge is 0.347 e. The van der Waals surface area contributed by atoms with Crippen molar-refractivity contribution in [2.75, 3.05) is 0 Å². The van der Waals surface area contributed by atoms with Crippen molar-refractivity contribution in [2.24, 2.45) is 12.0 Å². The molecule has 0 radical (unpaired) electrons. The van der Waals surface area contributed by atoms with Crippen LogP contribution in [0.2, 0.25) is 0 Å². The molecule has 0 aliphatic rings. The van der Waals surface area contributed by atoms with Gasteiger partial charge in [-0.2, -0.15) is 0 Å². The molecule has 0 bridgehead atoms. The number of benzene rings is 2. The third-order valence-electron chi connectivity index (χ3n) is 3.94. The Bertz CT molecular complexity index is 844. The summed E-state index contributed by atoms with van der Waals surface area (Å²) in [6.45, 7) is 4.24. The van der Waals surface area contributed by atoms with E-state index in [4.69, 9.17) is 4.99 Å². The molecule has 0 saturated carbocycles. The molecule has 0 aliphatic carbocycles. The van der Waals surface area contributed by atoms with Crippen LogP contribution in [0.4, 0.5) is 5.69 Å². The molecule has 0 saturated heterocycles. The highest BCUT2D eigenvalue weighted by molar-refractivity contribution is 14.1. The second-order valence-corrected chi connectivity index (χ2v) is 6.51. The summed E-state index contributed by atoms with van der Waals surface area (Å²) in [6, 6.07) is 14.8. The number of para-hydroxylation sites is 1. The van der Waals surface area contributed by atoms with E-state index in [9.17, 15) is 0 Å². The van der Waals surface area contributed by atoms with Crippen LogP contribution in [0.5, 0.6) is 0 Å². The summed E-state index contributed by atoms with van der Waals surface area (Å²) in [4.78, 5) is 4.70. The molecule has 3 heteroatoms. The van der Waals surface area contributed by atoms with Crippen LogP contribution in [0.3, 0.4) is 0 Å². The van der Waals surface area contributed by atoms with Crippen molar-refractivity contribution >= 4 is 45.4 Å². The maximum absolute atomic E-state index is 4.70. The lowest BCUT2D eigenvalue weighted by molar-refractivity contribution is 0.917. The maximum Gasteiger partial charge on any atom is 0.0659 e. The zero-order chi connectivity index (χ0) is 15.0. The lowest BCUT2D eigenvalue weighted by Gasteiger charge is -2.01. The molecule has 0 aliphatic heterocycles. The van der Waals surface area contributed by atoms with E-state index in [1.807, 2.05) is 6.21 Å². The van der Waals surface area contributed by atoms with Crippen LogP contribution < -0.4 is 0 Å². The average Bonchev–Trinajstić information content (AvgIpc) is 2.71. The lowest BCUT2D eigenvalue weighted by Crippen LogP contribution is -1.91. The van der Waals surface area contributed by atoms with Crippen molar-refractivity contribution in [3.63, 3.8) is 0 Å². The smallest absolute Gasteiger partial charge is 0.0659 e. The summed E-state index contributed by atoms with van der Waals surface area (Å²) in [7, 11) is 2.10. The number of fused-ring (bicyclic) bond motifs is 1. The maximum atomic E-state index is 4.70. The van der Waals surface area contributed by atoms with E-state index in [1.54, 1.807) is 0 Å². The van der Waals surface area contributed by atoms with E-state index >= 15 is 0 Å². The molecule has 0 N–H and O–H groups in total. The van der Waals surface area contributed by atoms with Gasteiger partial charge in [0.25, 0.3) is 0 Å². The Morgan fingerprint density at radius 3 is 2.62 bits per heavy atom. The van der Waals surface area contributed by atoms with Crippen molar-refractivity contribution in [2.45, 2.75) is 13.8 Å². The normalized spacial score (nSPS) is 11.6. The van der Waals surface area contributed by atoms with Gasteiger partial charge in [-0.1, -0.05) is 18.2 Å². The van der Waals surface area contributed by atoms with Gasteiger partial charge in [0.15, 0.2) is 0 Å². The van der Waals surface area contributed by atoms with Crippen LogP contribution in [0.25, 0.3) is 10.9 Å². The number of aromatic nitrogens is 1. The van der Waals surface area contributed by atoms with Gasteiger partial charge < -0.3 is 4.57 Å². The molecule has 106 valence electrons. The average molecular weight is 388 g/mol. The van der Waals surface area contributed by atoms with E-state index in [1.165, 1.54) is 31.3 Å². The molecule has 1 aromatic heterocycles. The number of halogens is 1. The zero-order valence-electron chi connectivity index (χ0n) is 12.4. The molecule has 0 spiro atoms. The van der Waals surface area contributed by atoms with Crippen LogP contribution in [0.15, 0.2) is 47.5 Å². The minimum Gasteiger partial charge on any atom is -0.347 e. The van der Waals surface area contributed by atoms with Gasteiger partial charge in [0, 0.05) is 39.0 Å². The highest BCUT2D eigenvalue weighted by Gasteiger charge is 2.09. The number of hydrogen-bond donors (Lipinski definition) is 0. The Labute approximate surface area is 138 Å². The van der Waals surface area contributed by atoms with E-state index in [0.717, 1.165) is 5.69 Å². The molecule has 1 heterocycles. The third kappa shape index (κ3) is 2.62. The molecular formula is C18H17IN2. The molecule has 2 aromatic carbocycles. The van der Waals surface area contributed by atoms with Crippen molar-refractivity contribution in [1.82, 2.24) is 4.57 Å². The lowest BCUT2D eigenvalue weighted by atomic mass is 10.1. The summed E-state index contributed by atoms with van der Waals surface area (Å²) < 4.78 is 3.46. The molecule has 0 unspecified atom stereocenters. The second-order valence-electron chi connectivity index (χ2n) is 5.26. The van der Waals surface area contributed by atoms with Gasteiger partial charge in [-0.15, -0.1) is 0 Å². The molecule has 21 heavy (non-hydrogen) atoms. The summed E-state index contributed by atoms with van der Waals surface area (Å²) in [5.74, 6) is 0. The first-order valence-corrected chi connectivity index (χ1v) is 8.00. The molecule has 0 fully saturated rings. The van der Waals surface area contributed by atoms with Crippen LogP contribution in [0.1, 0.15) is 16.8 Å². The van der Waals surface area contributed by atoms with Gasteiger partial charge in [0.1, 0.15) is 0 Å². The topological polar surface area (TPSA) is 17.3 Å². The number of rotatable bonds is 2. The molecular weight excluding hydrogens is 371 g/mol. The van der Waals surface area contributed by atoms with E-state index in [-0.39, 0.29) is 0 Å². The highest BCUT2D eigenvalue weighted by atomic mass is 127. The predicted molar refractivity (Wildman–Crippen MR) is 98.8 cm³/mol. The van der Waals surface area contributed by atoms with Crippen LogP contribution in [0, 0.1) is 17.4 Å². The molecule has 2 nitrogen and oxygen atoms in total. The Balaban J connectivity index is 2.09. The summed E-state index contributed by atoms with van der Waals surface area (Å²) >= 11 is 2.33. The quantitative estimate of drug-likeness (QED) is 0.427. The Kier molecular flexibility index (Phi) is 3.85. The standard InChI is InChI=1S/C18H17IN2/c1-12-10-14(19)8-9-17(12)20-11-16-13(2)21(3)18-7-5-4-6-15(16)18/h4-11H,1-3H3. The number of hydrogen-bond acceptors (Lipinski definition) is 1. The monoisotopic (exact) mass is 388 g/mol. The zero-order valence-corrected chi connectivity index (χ0v) is 14.5. The number of nitrogens with zero attached hydrogens (tertiary/aromatic N) is 2. The van der Waals surface area contributed by atoms with Gasteiger partial charge >= 0.3 is 0 Å². The van der Waals surface area contributed by atoms with Crippen LogP contribution in [-0.2, 0) is 7.05 Å². The molecule has 0 amide bonds. The minimum atomic E-state index is 1.03. The second kappa shape index (κ2) is 5.64. The fraction of sp³-hybridized carbons (Fsp3) is 0.167. The fourth-order valence-corrected chi connectivity index (χ4v) is 3.26. The molecule has 0 atom stereocenters. The van der Waals surface area contributed by atoms with E-state index < -0.39 is 0 Å². The third-order valence-corrected chi connectivity index (χ3v) is 4.61. The predicted octanol–water partition coefficient (Wildman–Crippen LogP) is 5.15. The van der Waals surface area contributed by atoms with Crippen molar-refractivity contribution in [3.05, 3.63) is 62.9 Å². The number of aryl methyl sites for hydroxylation is 2. The summed E-state index contributed by atoms with van der Waals surface area (Å²) in [5, 5.41) is 1.25. The summed E-state index contributed by atoms with van der Waals surface area (Å²) in [5.41, 5.74) is 5.92. The van der Waals surface area contributed by atoms with Gasteiger partial charge in [0.2, 0.25) is 0 Å². The van der Waals surface area contributed by atoms with Crippen LogP contribution in [-0.4, -0.2) is 10.8 Å². The van der Waals surface area contributed by atoms with Gasteiger partial charge in [-0.3, -0.25) is 4.99 Å². The van der Waals surface area contributed by atoms with Crippen molar-refractivity contribution in [3.8, 4) is 0 Å². The first kappa shape index (κ1) is 14.3. The Morgan fingerprint density at radius 2 is 1.86 bits per heavy atom. The highest BCUT2D eigenvalue weighted by Crippen LogP contribution is 2.25. The SMILES string of the molecule is Cc1cc(I)ccc1N=Cc1c(C)n(C)c2ccccc12. The van der Waals surface area contributed by atoms with Crippen molar-refractivity contribution in [1.29, 1.82) is 0 Å². The van der Waals surface area contributed by atoms with Crippen LogP contribution >= 0.6 is 22.6 Å². The summed E-state index contributed by atoms with van der Waals surface area (Å²) in [6.07, 6.45) is 1.99. The van der Waals surface area contributed by atoms with Gasteiger partial charge in [-0.05, 0) is 66.3 Å². The Morgan fingerprint density at radius 1 is 1.10 bits per heavy atom. The minimum absolute atomic E-state index is 1.03. The Hall–Kier alpha value is -1.62.